The number of nitrogens with zero attached hydrogens (tertiary/aromatic N) is 8. The first-order valence-corrected chi connectivity index (χ1v) is 31.2. The van der Waals surface area contributed by atoms with Gasteiger partial charge in [0.2, 0.25) is 22.7 Å². The zero-order valence-corrected chi connectivity index (χ0v) is 49.5. The molecule has 1 aliphatic carbocycles. The first-order chi connectivity index (χ1) is 40.4. The van der Waals surface area contributed by atoms with Crippen LogP contribution < -0.4 is 9.62 Å². The second kappa shape index (κ2) is 25.0. The summed E-state index contributed by atoms with van der Waals surface area (Å²) < 4.78 is 221. The number of sulfonamides is 1. The fourth-order valence-electron chi connectivity index (χ4n) is 9.85. The molecular weight excluding hydrogens is 1290 g/mol. The Balaban J connectivity index is 1.45. The molecule has 1 saturated heterocycles. The number of aromatic nitrogens is 5. The monoisotopic (exact) mass is 1340 g/mol. The molecule has 0 unspecified atom stereocenters. The van der Waals surface area contributed by atoms with E-state index in [2.05, 4.69) is 41.6 Å². The average Bonchev–Trinajstić information content (AvgIpc) is 1.77. The number of anilines is 1. The number of carboxylic acids is 1. The highest BCUT2D eigenvalue weighted by Gasteiger charge is 2.55. The molecule has 3 aromatic heterocycles. The van der Waals surface area contributed by atoms with E-state index in [1.807, 2.05) is 0 Å². The van der Waals surface area contributed by atoms with E-state index in [9.17, 15) is 77.1 Å². The molecule has 4 heterocycles. The standard InChI is InChI=1S/C50H51ClF10N9O15PS2/c1-6-26-16-34-42(50(59,60)61)64-68(43(34)49(26,57)58)21-37(72)63-36(15-25-13-27(52)17-28(53)14-25)40-32(8-7-29(62-40)11-12-47(2,3)87(4,80)81)33-9-10-35(51)39-41(33)69(23-48(54,55)56)65-44(39)70(88(5,82)83)45(75)67-20-31(71)18-30(67)19-66(22-38(73)74)46(76)84-24-85-86(77,78)79/h7-10,13-14,17,26,30-31,36,71H,6,15-16,18-24H2,1-5H3,(H,63,72)(H,73,74)(H2,77,78,79)/t26-,30+,31-,36+/m1/s1. The number of sulfone groups is 1. The smallest absolute Gasteiger partial charge is 0.472 e. The number of ether oxygens (including phenoxy) is 1. The van der Waals surface area contributed by atoms with Gasteiger partial charge in [0.15, 0.2) is 21.3 Å². The van der Waals surface area contributed by atoms with E-state index in [-0.39, 0.29) is 25.7 Å². The molecule has 480 valence electrons. The number of alkyl halides is 8. The SMILES string of the molecule is CC[C@@H]1Cc2c(C(F)(F)F)nn(CC(=O)N[C@@H](Cc3cc(F)cc(F)c3)c3nc(C#CC(C)(C)S(C)(=O)=O)ccc3-c3ccc(Cl)c4c(N(C(=O)N5C[C@H](O)C[C@H]5CN(CC(=O)O)C(=O)OCOP(=O)(O)O)S(C)(=O)=O)nn(CC(F)(F)F)c34)c2C1(F)F. The maximum atomic E-state index is 16.0. The molecule has 0 bridgehead atoms. The van der Waals surface area contributed by atoms with Gasteiger partial charge in [-0.2, -0.15) is 49.6 Å². The first kappa shape index (κ1) is 68.4. The Morgan fingerprint density at radius 1 is 0.966 bits per heavy atom. The van der Waals surface area contributed by atoms with E-state index < -0.39 is 230 Å². The molecule has 38 heteroatoms. The summed E-state index contributed by atoms with van der Waals surface area (Å²) in [7, 11) is -14.5. The van der Waals surface area contributed by atoms with Gasteiger partial charge in [0.1, 0.15) is 47.4 Å². The van der Waals surface area contributed by atoms with Crippen LogP contribution in [0.2, 0.25) is 5.02 Å². The Bertz CT molecular complexity index is 3930. The lowest BCUT2D eigenvalue weighted by atomic mass is 9.93. The number of likely N-dealkylation sites (tertiary alicyclic amines) is 1. The number of carbonyl (C=O) groups excluding carboxylic acids is 3. The van der Waals surface area contributed by atoms with Gasteiger partial charge in [-0.3, -0.25) is 23.9 Å². The van der Waals surface area contributed by atoms with Gasteiger partial charge < -0.3 is 35.0 Å². The van der Waals surface area contributed by atoms with Gasteiger partial charge in [-0.25, -0.2) is 49.3 Å². The maximum Gasteiger partial charge on any atom is 0.472 e. The maximum absolute atomic E-state index is 16.0. The van der Waals surface area contributed by atoms with Crippen molar-refractivity contribution in [3.8, 4) is 23.0 Å². The number of β-amino-alcohol motifs (C(OH)–C–C–N with tert-alkyl or cyclic N) is 1. The van der Waals surface area contributed by atoms with Gasteiger partial charge in [-0.15, -0.1) is 0 Å². The van der Waals surface area contributed by atoms with Crippen LogP contribution in [0, 0.1) is 29.4 Å². The number of phosphoric acid groups is 1. The Labute approximate surface area is 497 Å². The lowest BCUT2D eigenvalue weighted by Gasteiger charge is -2.32. The van der Waals surface area contributed by atoms with E-state index in [1.165, 1.54) is 20.8 Å². The lowest BCUT2D eigenvalue weighted by molar-refractivity contribution is -0.143. The van der Waals surface area contributed by atoms with E-state index in [1.54, 1.807) is 0 Å². The van der Waals surface area contributed by atoms with Crippen LogP contribution in [0.3, 0.4) is 0 Å². The molecular formula is C50H51ClF10N9O15PS2. The molecule has 1 fully saturated rings. The number of rotatable bonds is 19. The summed E-state index contributed by atoms with van der Waals surface area (Å²) in [6, 6.07) is 0.734. The van der Waals surface area contributed by atoms with Crippen LogP contribution in [-0.2, 0) is 81.3 Å². The van der Waals surface area contributed by atoms with Crippen LogP contribution in [0.1, 0.15) is 73.6 Å². The molecule has 4 atom stereocenters. The van der Waals surface area contributed by atoms with Crippen molar-refractivity contribution in [1.29, 1.82) is 0 Å². The number of aliphatic hydroxyl groups is 1. The summed E-state index contributed by atoms with van der Waals surface area (Å²) in [6.45, 7) is -4.36. The highest BCUT2D eigenvalue weighted by atomic mass is 35.5. The van der Waals surface area contributed by atoms with E-state index >= 15 is 17.6 Å². The summed E-state index contributed by atoms with van der Waals surface area (Å²) in [5.41, 5.74) is -6.98. The molecule has 0 saturated carbocycles. The number of aliphatic carboxylic acids is 1. The van der Waals surface area contributed by atoms with Gasteiger partial charge in [0, 0.05) is 48.0 Å². The number of phosphoric ester groups is 1. The molecule has 24 nitrogen and oxygen atoms in total. The van der Waals surface area contributed by atoms with Crippen LogP contribution in [0.4, 0.5) is 59.3 Å². The molecule has 88 heavy (non-hydrogen) atoms. The second-order valence-corrected chi connectivity index (χ2v) is 26.9. The van der Waals surface area contributed by atoms with Crippen molar-refractivity contribution >= 4 is 80.0 Å². The van der Waals surface area contributed by atoms with Crippen LogP contribution in [0.25, 0.3) is 22.0 Å². The minimum absolute atomic E-state index is 0.125. The third kappa shape index (κ3) is 15.5. The van der Waals surface area contributed by atoms with Crippen LogP contribution in [0.5, 0.6) is 0 Å². The highest BCUT2D eigenvalue weighted by Crippen LogP contribution is 2.51. The zero-order chi connectivity index (χ0) is 65.8. The third-order valence-electron chi connectivity index (χ3n) is 14.0. The minimum Gasteiger partial charge on any atom is -0.480 e. The number of nitrogens with one attached hydrogen (secondary N) is 1. The number of amides is 4. The molecule has 2 aromatic carbocycles. The van der Waals surface area contributed by atoms with Gasteiger partial charge in [-0.05, 0) is 81.3 Å². The molecule has 7 rings (SSSR count). The Morgan fingerprint density at radius 3 is 2.17 bits per heavy atom. The third-order valence-corrected chi connectivity index (χ3v) is 17.7. The van der Waals surface area contributed by atoms with E-state index in [0.717, 1.165) is 42.7 Å². The van der Waals surface area contributed by atoms with E-state index in [4.69, 9.17) is 21.4 Å². The summed E-state index contributed by atoms with van der Waals surface area (Å²) in [4.78, 5) is 77.5. The Kier molecular flexibility index (Phi) is 19.4. The number of aliphatic hydroxyl groups excluding tert-OH is 1. The summed E-state index contributed by atoms with van der Waals surface area (Å²) >= 11 is 6.74. The number of urea groups is 1. The van der Waals surface area contributed by atoms with Crippen molar-refractivity contribution < 1.29 is 114 Å². The Hall–Kier alpha value is -7.13. The zero-order valence-electron chi connectivity index (χ0n) is 46.2. The van der Waals surface area contributed by atoms with Crippen molar-refractivity contribution in [2.24, 2.45) is 5.92 Å². The average molecular weight is 1340 g/mol. The lowest BCUT2D eigenvalue weighted by Crippen LogP contribution is -2.52. The van der Waals surface area contributed by atoms with Gasteiger partial charge in [0.25, 0.3) is 5.92 Å². The van der Waals surface area contributed by atoms with Crippen molar-refractivity contribution in [3.63, 3.8) is 0 Å². The van der Waals surface area contributed by atoms with Gasteiger partial charge in [-0.1, -0.05) is 30.5 Å². The van der Waals surface area contributed by atoms with Gasteiger partial charge >= 0.3 is 38.3 Å². The first-order valence-electron chi connectivity index (χ1n) is 25.5. The number of benzene rings is 2. The topological polar surface area (TPSA) is 323 Å². The number of carbonyl (C=O) groups is 4. The molecule has 5 aromatic rings. The van der Waals surface area contributed by atoms with Crippen molar-refractivity contribution in [3.05, 3.63) is 93.0 Å². The number of hydrogen-bond donors (Lipinski definition) is 5. The highest BCUT2D eigenvalue weighted by molar-refractivity contribution is 7.93. The number of pyridine rings is 1. The minimum atomic E-state index is -5.31. The molecule has 0 radical (unpaired) electrons. The van der Waals surface area contributed by atoms with Crippen molar-refractivity contribution in [2.45, 2.75) is 101 Å². The second-order valence-electron chi connectivity index (χ2n) is 20.9. The molecule has 1 aliphatic heterocycles. The molecule has 0 spiro atoms. The largest absolute Gasteiger partial charge is 0.480 e. The predicted octanol–water partition coefficient (Wildman–Crippen LogP) is 6.67. The predicted molar refractivity (Wildman–Crippen MR) is 287 cm³/mol. The summed E-state index contributed by atoms with van der Waals surface area (Å²) in [6.07, 6.45) is -15.1. The van der Waals surface area contributed by atoms with Crippen LogP contribution in [0.15, 0.2) is 42.5 Å². The number of carboxylic acid groups (broad SMARTS) is 1. The van der Waals surface area contributed by atoms with E-state index in [0.29, 0.717) is 22.1 Å². The normalized spacial score (nSPS) is 17.5. The molecule has 5 N–H and O–H groups in total. The number of fused-ring (bicyclic) bond motifs is 2. The summed E-state index contributed by atoms with van der Waals surface area (Å²) in [5.74, 6) is -7.43. The van der Waals surface area contributed by atoms with Gasteiger partial charge in [0.05, 0.1) is 46.1 Å². The fourth-order valence-corrected chi connectivity index (χ4v) is 11.3. The fraction of sp³-hybridized carbons (Fsp3) is 0.460. The molecule has 2 aliphatic rings. The van der Waals surface area contributed by atoms with Crippen LogP contribution in [-0.4, -0.2) is 157 Å². The summed E-state index contributed by atoms with van der Waals surface area (Å²) in [5, 5.41) is 28.6. The molecule has 4 amide bonds. The number of halogens is 11. The Morgan fingerprint density at radius 2 is 1.60 bits per heavy atom. The van der Waals surface area contributed by atoms with Crippen LogP contribution >= 0.6 is 19.4 Å². The van der Waals surface area contributed by atoms with Crippen molar-refractivity contribution in [2.75, 3.05) is 43.2 Å². The quantitative estimate of drug-likeness (QED) is 0.0249. The van der Waals surface area contributed by atoms with Crippen molar-refractivity contribution in [1.82, 2.24) is 39.7 Å². The number of hydrogen-bond acceptors (Lipinski definition) is 15.